The van der Waals surface area contributed by atoms with Crippen LogP contribution in [0.3, 0.4) is 0 Å². The van der Waals surface area contributed by atoms with Gasteiger partial charge in [0.15, 0.2) is 5.03 Å². The van der Waals surface area contributed by atoms with Crippen LogP contribution in [-0.2, 0) is 16.6 Å². The Kier molecular flexibility index (Phi) is 2.83. The molecule has 1 aliphatic rings. The van der Waals surface area contributed by atoms with E-state index in [4.69, 9.17) is 15.6 Å². The summed E-state index contributed by atoms with van der Waals surface area (Å²) in [5.41, 5.74) is 6.19. The molecule has 0 atom stereocenters. The van der Waals surface area contributed by atoms with Gasteiger partial charge in [-0.05, 0) is 12.8 Å². The molecule has 0 bridgehead atoms. The van der Waals surface area contributed by atoms with Crippen molar-refractivity contribution in [1.82, 2.24) is 4.98 Å². The van der Waals surface area contributed by atoms with Crippen molar-refractivity contribution in [2.45, 2.75) is 30.5 Å². The molecule has 0 saturated heterocycles. The number of ether oxygens (including phenoxy) is 1. The summed E-state index contributed by atoms with van der Waals surface area (Å²) >= 11 is 0. The largest absolute Gasteiger partial charge is 0.490 e. The smallest absolute Gasteiger partial charge is 0.255 e. The minimum Gasteiger partial charge on any atom is -0.490 e. The summed E-state index contributed by atoms with van der Waals surface area (Å²) in [5.74, 6) is 0.462. The van der Waals surface area contributed by atoms with Crippen LogP contribution in [0, 0.1) is 0 Å². The lowest BCUT2D eigenvalue weighted by molar-refractivity contribution is 0.298. The number of aromatic nitrogens is 1. The van der Waals surface area contributed by atoms with E-state index in [9.17, 15) is 8.42 Å². The van der Waals surface area contributed by atoms with E-state index in [0.29, 0.717) is 11.3 Å². The zero-order valence-corrected chi connectivity index (χ0v) is 9.40. The Bertz CT molecular complexity index is 497. The fraction of sp³-hybridized carbons (Fsp3) is 0.444. The monoisotopic (exact) mass is 243 g/mol. The van der Waals surface area contributed by atoms with E-state index >= 15 is 0 Å². The molecule has 1 aliphatic carbocycles. The number of nitrogens with zero attached hydrogens (tertiary/aromatic N) is 1. The van der Waals surface area contributed by atoms with Gasteiger partial charge in [0.25, 0.3) is 10.0 Å². The number of hydrogen-bond donors (Lipinski definition) is 2. The fourth-order valence-electron chi connectivity index (χ4n) is 1.23. The molecule has 1 saturated carbocycles. The van der Waals surface area contributed by atoms with Gasteiger partial charge in [0, 0.05) is 24.4 Å². The van der Waals surface area contributed by atoms with Gasteiger partial charge in [-0.1, -0.05) is 0 Å². The lowest BCUT2D eigenvalue weighted by Crippen LogP contribution is -2.15. The Hall–Kier alpha value is -1.18. The van der Waals surface area contributed by atoms with E-state index in [-0.39, 0.29) is 17.7 Å². The lowest BCUT2D eigenvalue weighted by Gasteiger charge is -2.10. The van der Waals surface area contributed by atoms with Crippen molar-refractivity contribution < 1.29 is 13.2 Å². The first-order valence-electron chi connectivity index (χ1n) is 4.89. The third kappa shape index (κ3) is 2.49. The zero-order chi connectivity index (χ0) is 11.8. The molecule has 0 radical (unpaired) electrons. The summed E-state index contributed by atoms with van der Waals surface area (Å²) in [4.78, 5) is 3.74. The Morgan fingerprint density at radius 1 is 1.50 bits per heavy atom. The molecule has 1 fully saturated rings. The molecule has 0 aromatic carbocycles. The number of hydrogen-bond acceptors (Lipinski definition) is 5. The molecule has 1 aromatic heterocycles. The van der Waals surface area contributed by atoms with Gasteiger partial charge in [-0.2, -0.15) is 0 Å². The highest BCUT2D eigenvalue weighted by Gasteiger charge is 2.25. The van der Waals surface area contributed by atoms with Gasteiger partial charge in [-0.15, -0.1) is 0 Å². The van der Waals surface area contributed by atoms with Crippen LogP contribution < -0.4 is 15.6 Å². The van der Waals surface area contributed by atoms with Crippen molar-refractivity contribution in [1.29, 1.82) is 0 Å². The first-order chi connectivity index (χ1) is 7.50. The summed E-state index contributed by atoms with van der Waals surface area (Å²) < 4.78 is 27.8. The van der Waals surface area contributed by atoms with E-state index in [2.05, 4.69) is 4.98 Å². The average molecular weight is 243 g/mol. The van der Waals surface area contributed by atoms with Gasteiger partial charge >= 0.3 is 0 Å². The predicted octanol–water partition coefficient (Wildman–Crippen LogP) is -0.271. The lowest BCUT2D eigenvalue weighted by atomic mass is 10.2. The summed E-state index contributed by atoms with van der Waals surface area (Å²) in [6, 6.07) is 1.33. The molecular formula is C9H13N3O3S. The summed E-state index contributed by atoms with van der Waals surface area (Å²) in [5, 5.41) is 4.79. The van der Waals surface area contributed by atoms with Crippen molar-refractivity contribution in [2.24, 2.45) is 10.9 Å². The zero-order valence-electron chi connectivity index (χ0n) is 8.59. The summed E-state index contributed by atoms with van der Waals surface area (Å²) in [6.45, 7) is 0.250. The van der Waals surface area contributed by atoms with E-state index in [1.54, 1.807) is 0 Å². The van der Waals surface area contributed by atoms with Crippen molar-refractivity contribution in [3.8, 4) is 5.75 Å². The predicted molar refractivity (Wildman–Crippen MR) is 57.2 cm³/mol. The second-order valence-corrected chi connectivity index (χ2v) is 5.20. The van der Waals surface area contributed by atoms with E-state index in [1.807, 2.05) is 0 Å². The van der Waals surface area contributed by atoms with Gasteiger partial charge in [-0.25, -0.2) is 18.5 Å². The number of nitrogens with two attached hydrogens (primary N) is 2. The molecule has 0 unspecified atom stereocenters. The Morgan fingerprint density at radius 3 is 2.69 bits per heavy atom. The molecule has 0 amide bonds. The molecule has 1 aromatic rings. The molecule has 7 heteroatoms. The maximum atomic E-state index is 11.1. The second kappa shape index (κ2) is 4.00. The maximum absolute atomic E-state index is 11.1. The molecule has 16 heavy (non-hydrogen) atoms. The standard InChI is InChI=1S/C9H13N3O3S/c10-4-6-5-12-9(16(11,13)14)3-8(6)15-7-1-2-7/h3,5,7H,1-2,4,10H2,(H2,11,13,14). The number of rotatable bonds is 4. The number of pyridine rings is 1. The maximum Gasteiger partial charge on any atom is 0.255 e. The fourth-order valence-corrected chi connectivity index (χ4v) is 1.70. The SMILES string of the molecule is NCc1cnc(S(N)(=O)=O)cc1OC1CC1. The van der Waals surface area contributed by atoms with Crippen LogP contribution in [0.2, 0.25) is 0 Å². The van der Waals surface area contributed by atoms with Crippen LogP contribution in [0.1, 0.15) is 18.4 Å². The summed E-state index contributed by atoms with van der Waals surface area (Å²) in [6.07, 6.45) is 3.52. The van der Waals surface area contributed by atoms with Gasteiger partial charge < -0.3 is 10.5 Å². The van der Waals surface area contributed by atoms with Crippen LogP contribution in [0.4, 0.5) is 0 Å². The normalized spacial score (nSPS) is 16.1. The van der Waals surface area contributed by atoms with Crippen molar-refractivity contribution >= 4 is 10.0 Å². The topological polar surface area (TPSA) is 108 Å². The van der Waals surface area contributed by atoms with Gasteiger partial charge in [0.2, 0.25) is 0 Å². The van der Waals surface area contributed by atoms with Crippen molar-refractivity contribution in [2.75, 3.05) is 0 Å². The molecule has 0 aliphatic heterocycles. The third-order valence-electron chi connectivity index (χ3n) is 2.25. The first-order valence-corrected chi connectivity index (χ1v) is 6.44. The van der Waals surface area contributed by atoms with E-state index in [1.165, 1.54) is 12.3 Å². The minimum atomic E-state index is -3.80. The molecule has 88 valence electrons. The van der Waals surface area contributed by atoms with Gasteiger partial charge in [0.05, 0.1) is 6.10 Å². The molecule has 4 N–H and O–H groups in total. The highest BCUT2D eigenvalue weighted by molar-refractivity contribution is 7.89. The number of primary sulfonamides is 1. The van der Waals surface area contributed by atoms with Crippen LogP contribution in [0.25, 0.3) is 0 Å². The van der Waals surface area contributed by atoms with E-state index < -0.39 is 10.0 Å². The Balaban J connectivity index is 2.37. The third-order valence-corrected chi connectivity index (χ3v) is 3.05. The van der Waals surface area contributed by atoms with Gasteiger partial charge in [0.1, 0.15) is 5.75 Å². The molecular weight excluding hydrogens is 230 g/mol. The number of sulfonamides is 1. The summed E-state index contributed by atoms with van der Waals surface area (Å²) in [7, 11) is -3.80. The molecule has 1 heterocycles. The van der Waals surface area contributed by atoms with Crippen molar-refractivity contribution in [3.63, 3.8) is 0 Å². The van der Waals surface area contributed by atoms with Crippen LogP contribution >= 0.6 is 0 Å². The Morgan fingerprint density at radius 2 is 2.19 bits per heavy atom. The van der Waals surface area contributed by atoms with Gasteiger partial charge in [-0.3, -0.25) is 0 Å². The molecule has 6 nitrogen and oxygen atoms in total. The highest BCUT2D eigenvalue weighted by Crippen LogP contribution is 2.29. The Labute approximate surface area is 93.7 Å². The quantitative estimate of drug-likeness (QED) is 0.756. The van der Waals surface area contributed by atoms with E-state index in [0.717, 1.165) is 12.8 Å². The molecule has 0 spiro atoms. The van der Waals surface area contributed by atoms with Crippen LogP contribution in [-0.4, -0.2) is 19.5 Å². The van der Waals surface area contributed by atoms with Crippen molar-refractivity contribution in [3.05, 3.63) is 17.8 Å². The molecule has 2 rings (SSSR count). The average Bonchev–Trinajstić information content (AvgIpc) is 3.00. The first kappa shape index (κ1) is 11.3. The minimum absolute atomic E-state index is 0.168. The van der Waals surface area contributed by atoms with Crippen LogP contribution in [0.5, 0.6) is 5.75 Å². The highest BCUT2D eigenvalue weighted by atomic mass is 32.2. The second-order valence-electron chi connectivity index (χ2n) is 3.70. The van der Waals surface area contributed by atoms with Crippen LogP contribution in [0.15, 0.2) is 17.3 Å².